The fourth-order valence-corrected chi connectivity index (χ4v) is 1.91. The van der Waals surface area contributed by atoms with E-state index in [0.717, 1.165) is 12.8 Å². The van der Waals surface area contributed by atoms with E-state index in [0.29, 0.717) is 6.04 Å². The zero-order valence-corrected chi connectivity index (χ0v) is 12.1. The zero-order chi connectivity index (χ0) is 14.7. The van der Waals surface area contributed by atoms with E-state index in [1.54, 1.807) is 0 Å². The Hall–Kier alpha value is -1.46. The molecule has 1 aliphatic rings. The maximum Gasteiger partial charge on any atom is 0.338 e. The van der Waals surface area contributed by atoms with Gasteiger partial charge in [-0.3, -0.25) is 4.79 Å². The molecule has 1 fully saturated rings. The van der Waals surface area contributed by atoms with Gasteiger partial charge in [0.25, 0.3) is 0 Å². The number of esters is 1. The summed E-state index contributed by atoms with van der Waals surface area (Å²) in [4.78, 5) is 23.2. The molecule has 1 aromatic carbocycles. The van der Waals surface area contributed by atoms with Crippen LogP contribution in [0.15, 0.2) is 12.1 Å². The van der Waals surface area contributed by atoms with Crippen molar-refractivity contribution in [2.75, 3.05) is 12.3 Å². The maximum atomic E-state index is 11.8. The number of ether oxygens (including phenoxy) is 1. The molecule has 5 nitrogen and oxygen atoms in total. The molecule has 2 rings (SSSR count). The first-order chi connectivity index (χ1) is 9.47. The molecular weight excluding hydrogens is 303 g/mol. The van der Waals surface area contributed by atoms with Crippen LogP contribution in [0, 0.1) is 0 Å². The Kier molecular flexibility index (Phi) is 4.73. The number of nitrogens with one attached hydrogen (secondary N) is 1. The molecule has 1 aromatic rings. The monoisotopic (exact) mass is 316 g/mol. The van der Waals surface area contributed by atoms with Crippen molar-refractivity contribution in [3.8, 4) is 0 Å². The highest BCUT2D eigenvalue weighted by atomic mass is 35.5. The Morgan fingerprint density at radius 1 is 1.35 bits per heavy atom. The number of hydrogen-bond donors (Lipinski definition) is 2. The van der Waals surface area contributed by atoms with Gasteiger partial charge in [0, 0.05) is 6.04 Å². The van der Waals surface area contributed by atoms with Crippen LogP contribution in [0.5, 0.6) is 0 Å². The average molecular weight is 317 g/mol. The van der Waals surface area contributed by atoms with E-state index in [9.17, 15) is 9.59 Å². The van der Waals surface area contributed by atoms with Crippen LogP contribution in [0.25, 0.3) is 0 Å². The second kappa shape index (κ2) is 6.33. The summed E-state index contributed by atoms with van der Waals surface area (Å²) in [7, 11) is 0. The van der Waals surface area contributed by atoms with Crippen molar-refractivity contribution in [2.24, 2.45) is 0 Å². The minimum atomic E-state index is -0.588. The third-order valence-corrected chi connectivity index (χ3v) is 3.61. The summed E-state index contributed by atoms with van der Waals surface area (Å²) < 4.78 is 4.99. The zero-order valence-electron chi connectivity index (χ0n) is 10.6. The molecule has 3 N–H and O–H groups in total. The maximum absolute atomic E-state index is 11.8. The number of anilines is 1. The van der Waals surface area contributed by atoms with E-state index < -0.39 is 5.97 Å². The van der Waals surface area contributed by atoms with Gasteiger partial charge in [0.2, 0.25) is 5.91 Å². The quantitative estimate of drug-likeness (QED) is 0.645. The molecular formula is C13H14Cl2N2O3. The van der Waals surface area contributed by atoms with Gasteiger partial charge in [-0.15, -0.1) is 0 Å². The van der Waals surface area contributed by atoms with Crippen LogP contribution in [0.2, 0.25) is 10.0 Å². The summed E-state index contributed by atoms with van der Waals surface area (Å²) in [6, 6.07) is 3.07. The molecule has 0 bridgehead atoms. The van der Waals surface area contributed by atoms with Crippen LogP contribution < -0.4 is 11.1 Å². The molecule has 7 heteroatoms. The van der Waals surface area contributed by atoms with Crippen molar-refractivity contribution in [1.82, 2.24) is 5.32 Å². The fourth-order valence-electron chi connectivity index (χ4n) is 1.58. The van der Waals surface area contributed by atoms with Crippen LogP contribution in [0.1, 0.15) is 29.6 Å². The van der Waals surface area contributed by atoms with Gasteiger partial charge < -0.3 is 15.8 Å². The van der Waals surface area contributed by atoms with Crippen LogP contribution >= 0.6 is 23.2 Å². The molecule has 0 heterocycles. The predicted molar refractivity (Wildman–Crippen MR) is 76.9 cm³/mol. The Morgan fingerprint density at radius 2 is 2.05 bits per heavy atom. The van der Waals surface area contributed by atoms with Gasteiger partial charge in [-0.25, -0.2) is 4.79 Å². The number of benzene rings is 1. The van der Waals surface area contributed by atoms with Crippen LogP contribution in [0.3, 0.4) is 0 Å². The van der Waals surface area contributed by atoms with Crippen LogP contribution in [0.4, 0.5) is 5.69 Å². The van der Waals surface area contributed by atoms with Crippen LogP contribution in [-0.4, -0.2) is 24.5 Å². The minimum absolute atomic E-state index is 0.0114. The average Bonchev–Trinajstić information content (AvgIpc) is 3.19. The van der Waals surface area contributed by atoms with E-state index in [4.69, 9.17) is 33.7 Å². The topological polar surface area (TPSA) is 81.4 Å². The second-order valence-electron chi connectivity index (χ2n) is 4.59. The number of rotatable bonds is 5. The molecule has 1 amide bonds. The largest absolute Gasteiger partial charge is 0.462 e. The van der Waals surface area contributed by atoms with E-state index in [2.05, 4.69) is 5.32 Å². The first-order valence-corrected chi connectivity index (χ1v) is 6.94. The Balaban J connectivity index is 1.83. The normalized spacial score (nSPS) is 13.9. The highest BCUT2D eigenvalue weighted by Gasteiger charge is 2.23. The van der Waals surface area contributed by atoms with Crippen molar-refractivity contribution < 1.29 is 14.3 Å². The summed E-state index contributed by atoms with van der Waals surface area (Å²) in [5.41, 5.74) is 6.02. The summed E-state index contributed by atoms with van der Waals surface area (Å²) >= 11 is 11.6. The van der Waals surface area contributed by atoms with Crippen molar-refractivity contribution in [1.29, 1.82) is 0 Å². The van der Waals surface area contributed by atoms with E-state index in [-0.39, 0.29) is 40.2 Å². The summed E-state index contributed by atoms with van der Waals surface area (Å²) in [6.07, 6.45) is 2.18. The van der Waals surface area contributed by atoms with Gasteiger partial charge in [-0.2, -0.15) is 0 Å². The number of nitrogens with two attached hydrogens (primary N) is 1. The van der Waals surface area contributed by atoms with Crippen molar-refractivity contribution >= 4 is 40.8 Å². The van der Waals surface area contributed by atoms with E-state index >= 15 is 0 Å². The summed E-state index contributed by atoms with van der Waals surface area (Å²) in [5.74, 6) is -0.705. The number of carbonyl (C=O) groups is 2. The lowest BCUT2D eigenvalue weighted by molar-refractivity contribution is -0.121. The van der Waals surface area contributed by atoms with Gasteiger partial charge in [-0.1, -0.05) is 23.2 Å². The van der Waals surface area contributed by atoms with E-state index in [1.165, 1.54) is 12.1 Å². The van der Waals surface area contributed by atoms with Gasteiger partial charge in [-0.05, 0) is 25.0 Å². The van der Waals surface area contributed by atoms with E-state index in [1.807, 2.05) is 0 Å². The Morgan fingerprint density at radius 3 is 2.65 bits per heavy atom. The first kappa shape index (κ1) is 14.9. The number of amides is 1. The Bertz CT molecular complexity index is 521. The number of nitrogen functional groups attached to an aromatic ring is 1. The summed E-state index contributed by atoms with van der Waals surface area (Å²) in [5, 5.41) is 3.19. The smallest absolute Gasteiger partial charge is 0.338 e. The molecule has 108 valence electrons. The highest BCUT2D eigenvalue weighted by molar-refractivity contribution is 6.43. The van der Waals surface area contributed by atoms with Crippen LogP contribution in [-0.2, 0) is 9.53 Å². The Labute approximate surface area is 126 Å². The highest BCUT2D eigenvalue weighted by Crippen LogP contribution is 2.29. The predicted octanol–water partition coefficient (Wildman–Crippen LogP) is 2.40. The molecule has 1 aliphatic carbocycles. The van der Waals surface area contributed by atoms with Crippen molar-refractivity contribution in [3.63, 3.8) is 0 Å². The molecule has 0 radical (unpaired) electrons. The lowest BCUT2D eigenvalue weighted by Crippen LogP contribution is -2.26. The standard InChI is InChI=1S/C13H14Cl2N2O3/c14-9-5-7(6-10(16)12(9)15)13(19)20-4-3-11(18)17-8-1-2-8/h5-6,8H,1-4,16H2,(H,17,18). The van der Waals surface area contributed by atoms with Crippen molar-refractivity contribution in [2.45, 2.75) is 25.3 Å². The molecule has 1 saturated carbocycles. The number of halogens is 2. The van der Waals surface area contributed by atoms with Gasteiger partial charge in [0.05, 0.1) is 27.7 Å². The number of hydrogen-bond acceptors (Lipinski definition) is 4. The van der Waals surface area contributed by atoms with Gasteiger partial charge in [0.1, 0.15) is 6.61 Å². The van der Waals surface area contributed by atoms with Crippen molar-refractivity contribution in [3.05, 3.63) is 27.7 Å². The van der Waals surface area contributed by atoms with Gasteiger partial charge >= 0.3 is 5.97 Å². The molecule has 20 heavy (non-hydrogen) atoms. The second-order valence-corrected chi connectivity index (χ2v) is 5.37. The number of carbonyl (C=O) groups excluding carboxylic acids is 2. The molecule has 0 atom stereocenters. The SMILES string of the molecule is Nc1cc(C(=O)OCCC(=O)NC2CC2)cc(Cl)c1Cl. The molecule has 0 aromatic heterocycles. The summed E-state index contributed by atoms with van der Waals surface area (Å²) in [6.45, 7) is 0.0114. The molecule has 0 spiro atoms. The van der Waals surface area contributed by atoms with Gasteiger partial charge in [0.15, 0.2) is 0 Å². The minimum Gasteiger partial charge on any atom is -0.462 e. The lowest BCUT2D eigenvalue weighted by Gasteiger charge is -2.07. The lowest BCUT2D eigenvalue weighted by atomic mass is 10.2. The fraction of sp³-hybridized carbons (Fsp3) is 0.385. The molecule has 0 saturated heterocycles. The third-order valence-electron chi connectivity index (χ3n) is 2.80. The molecule has 0 unspecified atom stereocenters. The first-order valence-electron chi connectivity index (χ1n) is 6.18. The third kappa shape index (κ3) is 4.02. The molecule has 0 aliphatic heterocycles.